The Morgan fingerprint density at radius 2 is 1.77 bits per heavy atom. The molecule has 164 valence electrons. The Morgan fingerprint density at radius 3 is 2.43 bits per heavy atom. The van der Waals surface area contributed by atoms with E-state index in [1.807, 2.05) is 36.4 Å². The number of nitrogens with one attached hydrogen (secondary N) is 1. The Hall–Kier alpha value is -1.61. The van der Waals surface area contributed by atoms with E-state index in [4.69, 9.17) is 4.99 Å². The Labute approximate surface area is 197 Å². The normalized spacial score (nSPS) is 16.9. The van der Waals surface area contributed by atoms with E-state index in [0.717, 1.165) is 37.6 Å². The number of rotatable bonds is 8. The maximum atomic E-state index is 12.4. The van der Waals surface area contributed by atoms with Crippen molar-refractivity contribution in [3.8, 4) is 0 Å². The van der Waals surface area contributed by atoms with E-state index in [2.05, 4.69) is 41.4 Å². The van der Waals surface area contributed by atoms with Crippen LogP contribution in [-0.4, -0.2) is 51.2 Å². The summed E-state index contributed by atoms with van der Waals surface area (Å²) in [5, 5.41) is 3.36. The topological polar surface area (TPSA) is 61.8 Å². The van der Waals surface area contributed by atoms with Gasteiger partial charge in [-0.2, -0.15) is 0 Å². The van der Waals surface area contributed by atoms with Gasteiger partial charge in [-0.25, -0.2) is 8.42 Å². The molecule has 0 spiro atoms. The maximum absolute atomic E-state index is 12.4. The van der Waals surface area contributed by atoms with Crippen molar-refractivity contribution in [2.24, 2.45) is 4.99 Å². The summed E-state index contributed by atoms with van der Waals surface area (Å²) in [5.74, 6) is 1.68. The lowest BCUT2D eigenvalue weighted by Crippen LogP contribution is -2.40. The van der Waals surface area contributed by atoms with Crippen LogP contribution in [0.15, 0.2) is 65.7 Å². The molecule has 2 aromatic carbocycles. The van der Waals surface area contributed by atoms with Gasteiger partial charge in [0.1, 0.15) is 0 Å². The van der Waals surface area contributed by atoms with E-state index >= 15 is 0 Å². The highest BCUT2D eigenvalue weighted by Gasteiger charge is 2.25. The average Bonchev–Trinajstić information content (AvgIpc) is 3.21. The van der Waals surface area contributed by atoms with Crippen molar-refractivity contribution in [2.75, 3.05) is 31.9 Å². The molecule has 1 aliphatic heterocycles. The third-order valence-corrected chi connectivity index (χ3v) is 6.88. The number of hydrogen-bond donors (Lipinski definition) is 1. The number of likely N-dealkylation sites (tertiary alicyclic amines) is 1. The van der Waals surface area contributed by atoms with Crippen molar-refractivity contribution in [2.45, 2.75) is 31.4 Å². The number of halogens is 1. The van der Waals surface area contributed by atoms with E-state index in [-0.39, 0.29) is 35.5 Å². The van der Waals surface area contributed by atoms with E-state index in [9.17, 15) is 8.42 Å². The first kappa shape index (κ1) is 24.7. The van der Waals surface area contributed by atoms with Crippen molar-refractivity contribution in [3.05, 3.63) is 71.8 Å². The maximum Gasteiger partial charge on any atom is 0.193 e. The summed E-state index contributed by atoms with van der Waals surface area (Å²) in [7, 11) is -3.11. The largest absolute Gasteiger partial charge is 0.357 e. The molecule has 1 aliphatic rings. The van der Waals surface area contributed by atoms with E-state index in [1.165, 1.54) is 5.56 Å². The van der Waals surface area contributed by atoms with Crippen LogP contribution < -0.4 is 5.32 Å². The van der Waals surface area contributed by atoms with Crippen molar-refractivity contribution < 1.29 is 8.42 Å². The summed E-state index contributed by atoms with van der Waals surface area (Å²) in [4.78, 5) is 6.99. The SMILES string of the molecule is CCNC(=NCCCS(=O)(=O)Cc1ccccc1)N1CCC(c2ccccc2)C1.I. The molecule has 1 N–H and O–H groups in total. The van der Waals surface area contributed by atoms with Gasteiger partial charge in [0.2, 0.25) is 0 Å². The fourth-order valence-electron chi connectivity index (χ4n) is 3.75. The van der Waals surface area contributed by atoms with Crippen molar-refractivity contribution in [1.82, 2.24) is 10.2 Å². The fourth-order valence-corrected chi connectivity index (χ4v) is 5.16. The van der Waals surface area contributed by atoms with Gasteiger partial charge in [0.05, 0.1) is 11.5 Å². The standard InChI is InChI=1S/C23H31N3O2S.HI/c1-2-24-23(26-16-14-22(18-26)21-12-7-4-8-13-21)25-15-9-17-29(27,28)19-20-10-5-3-6-11-20;/h3-8,10-13,22H,2,9,14-19H2,1H3,(H,24,25);1H. The molecule has 0 bridgehead atoms. The number of hydrogen-bond acceptors (Lipinski definition) is 3. The first-order chi connectivity index (χ1) is 14.1. The Bertz CT molecular complexity index is 889. The summed E-state index contributed by atoms with van der Waals surface area (Å²) in [6.45, 7) is 5.30. The van der Waals surface area contributed by atoms with Crippen LogP contribution >= 0.6 is 24.0 Å². The molecule has 7 heteroatoms. The first-order valence-corrected chi connectivity index (χ1v) is 12.2. The number of benzene rings is 2. The van der Waals surface area contributed by atoms with Gasteiger partial charge in [-0.1, -0.05) is 60.7 Å². The zero-order valence-corrected chi connectivity index (χ0v) is 20.7. The first-order valence-electron chi connectivity index (χ1n) is 10.4. The summed E-state index contributed by atoms with van der Waals surface area (Å²) in [5.41, 5.74) is 2.21. The lowest BCUT2D eigenvalue weighted by molar-refractivity contribution is 0.486. The molecule has 1 atom stereocenters. The Balaban J connectivity index is 0.00000320. The van der Waals surface area contributed by atoms with Gasteiger partial charge in [0.25, 0.3) is 0 Å². The molecule has 30 heavy (non-hydrogen) atoms. The van der Waals surface area contributed by atoms with Gasteiger partial charge in [-0.05, 0) is 30.9 Å². The second kappa shape index (κ2) is 12.3. The second-order valence-electron chi connectivity index (χ2n) is 7.51. The highest BCUT2D eigenvalue weighted by molar-refractivity contribution is 14.0. The minimum Gasteiger partial charge on any atom is -0.357 e. The third kappa shape index (κ3) is 7.58. The van der Waals surface area contributed by atoms with Crippen LogP contribution in [-0.2, 0) is 15.6 Å². The predicted octanol–water partition coefficient (Wildman–Crippen LogP) is 4.06. The highest BCUT2D eigenvalue weighted by atomic mass is 127. The van der Waals surface area contributed by atoms with Crippen LogP contribution in [0.25, 0.3) is 0 Å². The summed E-state index contributed by atoms with van der Waals surface area (Å²) >= 11 is 0. The number of aliphatic imine (C=N–C) groups is 1. The molecule has 1 heterocycles. The number of sulfone groups is 1. The molecule has 0 aliphatic carbocycles. The van der Waals surface area contributed by atoms with Crippen LogP contribution in [0.4, 0.5) is 0 Å². The summed E-state index contributed by atoms with van der Waals surface area (Å²) in [6, 6.07) is 20.0. The molecule has 0 amide bonds. The Kier molecular flexibility index (Phi) is 10.1. The van der Waals surface area contributed by atoms with Crippen molar-refractivity contribution in [1.29, 1.82) is 0 Å². The van der Waals surface area contributed by atoms with Crippen LogP contribution in [0.5, 0.6) is 0 Å². The lowest BCUT2D eigenvalue weighted by Gasteiger charge is -2.21. The minimum atomic E-state index is -3.11. The molecule has 2 aromatic rings. The Morgan fingerprint density at radius 1 is 1.10 bits per heavy atom. The molecule has 0 saturated carbocycles. The zero-order valence-electron chi connectivity index (χ0n) is 17.5. The number of nitrogens with zero attached hydrogens (tertiary/aromatic N) is 2. The van der Waals surface area contributed by atoms with Crippen LogP contribution in [0, 0.1) is 0 Å². The molecule has 3 rings (SSSR count). The molecular formula is C23H32IN3O2S. The van der Waals surface area contributed by atoms with Crippen LogP contribution in [0.2, 0.25) is 0 Å². The van der Waals surface area contributed by atoms with Gasteiger partial charge < -0.3 is 10.2 Å². The van der Waals surface area contributed by atoms with Crippen molar-refractivity contribution in [3.63, 3.8) is 0 Å². The van der Waals surface area contributed by atoms with Gasteiger partial charge >= 0.3 is 0 Å². The lowest BCUT2D eigenvalue weighted by atomic mass is 9.99. The molecule has 1 fully saturated rings. The molecular weight excluding hydrogens is 509 g/mol. The van der Waals surface area contributed by atoms with E-state index < -0.39 is 9.84 Å². The molecule has 0 aromatic heterocycles. The van der Waals surface area contributed by atoms with Gasteiger partial charge in [0.15, 0.2) is 15.8 Å². The molecule has 1 unspecified atom stereocenters. The van der Waals surface area contributed by atoms with E-state index in [0.29, 0.717) is 18.9 Å². The summed E-state index contributed by atoms with van der Waals surface area (Å²) < 4.78 is 24.7. The zero-order chi connectivity index (χ0) is 20.5. The smallest absolute Gasteiger partial charge is 0.193 e. The van der Waals surface area contributed by atoms with Crippen LogP contribution in [0.3, 0.4) is 0 Å². The molecule has 0 radical (unpaired) electrons. The minimum absolute atomic E-state index is 0. The van der Waals surface area contributed by atoms with Gasteiger partial charge in [-0.15, -0.1) is 24.0 Å². The van der Waals surface area contributed by atoms with Gasteiger partial charge in [-0.3, -0.25) is 4.99 Å². The molecule has 1 saturated heterocycles. The fraction of sp³-hybridized carbons (Fsp3) is 0.435. The average molecular weight is 541 g/mol. The van der Waals surface area contributed by atoms with Gasteiger partial charge in [0, 0.05) is 32.1 Å². The quantitative estimate of drug-likeness (QED) is 0.237. The summed E-state index contributed by atoms with van der Waals surface area (Å²) in [6.07, 6.45) is 1.65. The van der Waals surface area contributed by atoms with E-state index in [1.54, 1.807) is 0 Å². The second-order valence-corrected chi connectivity index (χ2v) is 9.69. The van der Waals surface area contributed by atoms with Crippen LogP contribution in [0.1, 0.15) is 36.8 Å². The molecule has 5 nitrogen and oxygen atoms in total. The monoisotopic (exact) mass is 541 g/mol. The number of guanidine groups is 1. The van der Waals surface area contributed by atoms with Crippen molar-refractivity contribution >= 4 is 39.8 Å². The highest BCUT2D eigenvalue weighted by Crippen LogP contribution is 2.26. The third-order valence-electron chi connectivity index (χ3n) is 5.20. The predicted molar refractivity (Wildman–Crippen MR) is 135 cm³/mol.